The molecule has 0 spiro atoms. The van der Waals surface area contributed by atoms with Crippen molar-refractivity contribution in [2.45, 2.75) is 18.3 Å². The standard InChI is InChI=1S/C15H22N2O3/c18-10-14-9-17-6-7-20-12-15(17,19)11-16(14)8-13-4-2-1-3-5-13/h1-5,14,18-19H,6-12H2/t14-,15+/m0/s1. The van der Waals surface area contributed by atoms with Crippen LogP contribution in [0.25, 0.3) is 0 Å². The van der Waals surface area contributed by atoms with E-state index in [9.17, 15) is 10.2 Å². The van der Waals surface area contributed by atoms with Crippen LogP contribution in [0.1, 0.15) is 5.56 Å². The molecule has 0 unspecified atom stereocenters. The lowest BCUT2D eigenvalue weighted by atomic mass is 10.0. The van der Waals surface area contributed by atoms with Gasteiger partial charge in [0.2, 0.25) is 0 Å². The molecule has 2 N–H and O–H groups in total. The average Bonchev–Trinajstić information content (AvgIpc) is 2.47. The van der Waals surface area contributed by atoms with E-state index in [1.165, 1.54) is 5.56 Å². The Kier molecular flexibility index (Phi) is 4.05. The summed E-state index contributed by atoms with van der Waals surface area (Å²) in [6.07, 6.45) is 0. The predicted molar refractivity (Wildman–Crippen MR) is 75.1 cm³/mol. The van der Waals surface area contributed by atoms with Crippen LogP contribution < -0.4 is 0 Å². The molecule has 2 atom stereocenters. The highest BCUT2D eigenvalue weighted by Gasteiger charge is 2.45. The molecule has 1 aromatic carbocycles. The van der Waals surface area contributed by atoms with Gasteiger partial charge in [0.15, 0.2) is 5.72 Å². The maximum atomic E-state index is 10.7. The van der Waals surface area contributed by atoms with Crippen LogP contribution in [0.15, 0.2) is 30.3 Å². The van der Waals surface area contributed by atoms with Crippen molar-refractivity contribution in [3.05, 3.63) is 35.9 Å². The van der Waals surface area contributed by atoms with Crippen molar-refractivity contribution in [1.29, 1.82) is 0 Å². The first-order chi connectivity index (χ1) is 9.71. The molecule has 0 amide bonds. The lowest BCUT2D eigenvalue weighted by Crippen LogP contribution is -2.70. The van der Waals surface area contributed by atoms with Crippen molar-refractivity contribution in [1.82, 2.24) is 9.80 Å². The molecule has 3 rings (SSSR count). The summed E-state index contributed by atoms with van der Waals surface area (Å²) in [4.78, 5) is 4.19. The van der Waals surface area contributed by atoms with Crippen LogP contribution >= 0.6 is 0 Å². The van der Waals surface area contributed by atoms with Gasteiger partial charge in [-0.3, -0.25) is 9.80 Å². The average molecular weight is 278 g/mol. The van der Waals surface area contributed by atoms with Crippen molar-refractivity contribution < 1.29 is 14.9 Å². The molecule has 2 saturated heterocycles. The number of rotatable bonds is 3. The van der Waals surface area contributed by atoms with Gasteiger partial charge in [0.1, 0.15) is 0 Å². The van der Waals surface area contributed by atoms with E-state index < -0.39 is 5.72 Å². The van der Waals surface area contributed by atoms with Gasteiger partial charge in [-0.2, -0.15) is 0 Å². The number of hydrogen-bond acceptors (Lipinski definition) is 5. The van der Waals surface area contributed by atoms with E-state index in [-0.39, 0.29) is 12.6 Å². The number of β-amino-alcohol motifs (C(OH)–C–C–N with tert-alkyl or cyclic N) is 1. The molecule has 0 aromatic heterocycles. The Bertz CT molecular complexity index is 442. The molecule has 110 valence electrons. The maximum absolute atomic E-state index is 10.7. The Labute approximate surface area is 119 Å². The zero-order valence-electron chi connectivity index (χ0n) is 11.6. The van der Waals surface area contributed by atoms with Crippen molar-refractivity contribution in [3.63, 3.8) is 0 Å². The highest BCUT2D eigenvalue weighted by Crippen LogP contribution is 2.26. The number of fused-ring (bicyclic) bond motifs is 1. The second kappa shape index (κ2) is 5.79. The monoisotopic (exact) mass is 278 g/mol. The lowest BCUT2D eigenvalue weighted by molar-refractivity contribution is -0.230. The zero-order chi connectivity index (χ0) is 14.0. The van der Waals surface area contributed by atoms with Crippen LogP contribution in [-0.2, 0) is 11.3 Å². The fourth-order valence-corrected chi connectivity index (χ4v) is 3.12. The van der Waals surface area contributed by atoms with Crippen molar-refractivity contribution in [2.75, 3.05) is 39.5 Å². The van der Waals surface area contributed by atoms with Crippen LogP contribution in [-0.4, -0.2) is 71.2 Å². The number of aliphatic hydroxyl groups excluding tert-OH is 1. The van der Waals surface area contributed by atoms with Gasteiger partial charge in [0, 0.05) is 32.2 Å². The first-order valence-electron chi connectivity index (χ1n) is 7.15. The molecule has 0 radical (unpaired) electrons. The number of ether oxygens (including phenoxy) is 1. The second-order valence-corrected chi connectivity index (χ2v) is 5.71. The molecule has 2 aliphatic rings. The summed E-state index contributed by atoms with van der Waals surface area (Å²) in [5.41, 5.74) is 0.276. The van der Waals surface area contributed by atoms with Gasteiger partial charge in [-0.15, -0.1) is 0 Å². The van der Waals surface area contributed by atoms with Crippen molar-refractivity contribution >= 4 is 0 Å². The molecule has 5 nitrogen and oxygen atoms in total. The highest BCUT2D eigenvalue weighted by atomic mass is 16.5. The van der Waals surface area contributed by atoms with Crippen LogP contribution in [0, 0.1) is 0 Å². The van der Waals surface area contributed by atoms with E-state index in [0.29, 0.717) is 26.3 Å². The normalized spacial score (nSPS) is 32.0. The molecule has 2 heterocycles. The maximum Gasteiger partial charge on any atom is 0.154 e. The summed E-state index contributed by atoms with van der Waals surface area (Å²) < 4.78 is 5.43. The first kappa shape index (κ1) is 14.0. The van der Waals surface area contributed by atoms with E-state index in [1.807, 2.05) is 23.1 Å². The molecule has 0 aliphatic carbocycles. The van der Waals surface area contributed by atoms with E-state index in [0.717, 1.165) is 13.1 Å². The summed E-state index contributed by atoms with van der Waals surface area (Å²) in [6.45, 7) is 3.76. The third-order valence-electron chi connectivity index (χ3n) is 4.27. The van der Waals surface area contributed by atoms with Gasteiger partial charge in [-0.05, 0) is 5.56 Å². The highest BCUT2D eigenvalue weighted by molar-refractivity contribution is 5.15. The number of nitrogens with zero attached hydrogens (tertiary/aromatic N) is 2. The topological polar surface area (TPSA) is 56.2 Å². The molecule has 20 heavy (non-hydrogen) atoms. The number of hydrogen-bond donors (Lipinski definition) is 2. The molecule has 2 aliphatic heterocycles. The van der Waals surface area contributed by atoms with Crippen molar-refractivity contribution in [3.8, 4) is 0 Å². The molecule has 0 saturated carbocycles. The Morgan fingerprint density at radius 3 is 2.85 bits per heavy atom. The molecule has 0 bridgehead atoms. The van der Waals surface area contributed by atoms with Crippen LogP contribution in [0.5, 0.6) is 0 Å². The van der Waals surface area contributed by atoms with Gasteiger partial charge in [-0.25, -0.2) is 0 Å². The van der Waals surface area contributed by atoms with Crippen molar-refractivity contribution in [2.24, 2.45) is 0 Å². The Hall–Kier alpha value is -0.980. The molecule has 1 aromatic rings. The Balaban J connectivity index is 1.75. The molecular formula is C15H22N2O3. The Morgan fingerprint density at radius 2 is 2.10 bits per heavy atom. The van der Waals surface area contributed by atoms with Gasteiger partial charge >= 0.3 is 0 Å². The third kappa shape index (κ3) is 2.73. The summed E-state index contributed by atoms with van der Waals surface area (Å²) in [6, 6.07) is 10.2. The van der Waals surface area contributed by atoms with Gasteiger partial charge in [-0.1, -0.05) is 30.3 Å². The summed E-state index contributed by atoms with van der Waals surface area (Å²) in [5, 5.41) is 20.4. The molecular weight excluding hydrogens is 256 g/mol. The van der Waals surface area contributed by atoms with E-state index in [4.69, 9.17) is 4.74 Å². The summed E-state index contributed by atoms with van der Waals surface area (Å²) in [7, 11) is 0. The number of aliphatic hydroxyl groups is 2. The number of morpholine rings is 1. The first-order valence-corrected chi connectivity index (χ1v) is 7.15. The fraction of sp³-hybridized carbons (Fsp3) is 0.600. The van der Waals surface area contributed by atoms with Crippen LogP contribution in [0.3, 0.4) is 0 Å². The van der Waals surface area contributed by atoms with Gasteiger partial charge in [0.25, 0.3) is 0 Å². The minimum Gasteiger partial charge on any atom is -0.395 e. The Morgan fingerprint density at radius 1 is 1.30 bits per heavy atom. The smallest absolute Gasteiger partial charge is 0.154 e. The SMILES string of the molecule is OC[C@@H]1CN2CCOC[C@]2(O)CN1Cc1ccccc1. The van der Waals surface area contributed by atoms with Crippen LogP contribution in [0.4, 0.5) is 0 Å². The van der Waals surface area contributed by atoms with E-state index in [2.05, 4.69) is 17.0 Å². The minimum absolute atomic E-state index is 0.0635. The van der Waals surface area contributed by atoms with Crippen LogP contribution in [0.2, 0.25) is 0 Å². The predicted octanol–water partition coefficient (Wildman–Crippen LogP) is -0.116. The minimum atomic E-state index is -0.918. The van der Waals surface area contributed by atoms with Gasteiger partial charge < -0.3 is 14.9 Å². The fourth-order valence-electron chi connectivity index (χ4n) is 3.12. The van der Waals surface area contributed by atoms with E-state index >= 15 is 0 Å². The molecule has 5 heteroatoms. The number of piperazine rings is 1. The van der Waals surface area contributed by atoms with Gasteiger partial charge in [0.05, 0.1) is 19.8 Å². The quantitative estimate of drug-likeness (QED) is 0.807. The largest absolute Gasteiger partial charge is 0.395 e. The number of benzene rings is 1. The second-order valence-electron chi connectivity index (χ2n) is 5.71. The lowest BCUT2D eigenvalue weighted by Gasteiger charge is -2.52. The third-order valence-corrected chi connectivity index (χ3v) is 4.27. The summed E-state index contributed by atoms with van der Waals surface area (Å²) in [5.74, 6) is 0. The van der Waals surface area contributed by atoms with E-state index in [1.54, 1.807) is 0 Å². The summed E-state index contributed by atoms with van der Waals surface area (Å²) >= 11 is 0. The molecule has 2 fully saturated rings. The zero-order valence-corrected chi connectivity index (χ0v) is 11.6.